The Balaban J connectivity index is 2.09. The van der Waals surface area contributed by atoms with Gasteiger partial charge in [0.1, 0.15) is 0 Å². The first-order valence-corrected chi connectivity index (χ1v) is 5.76. The van der Waals surface area contributed by atoms with E-state index < -0.39 is 5.60 Å². The van der Waals surface area contributed by atoms with Crippen LogP contribution in [0.15, 0.2) is 24.3 Å². The van der Waals surface area contributed by atoms with Crippen molar-refractivity contribution in [1.29, 1.82) is 0 Å². The summed E-state index contributed by atoms with van der Waals surface area (Å²) in [4.78, 5) is 0. The second-order valence-electron chi connectivity index (χ2n) is 3.52. The Morgan fingerprint density at radius 2 is 2.23 bits per heavy atom. The highest BCUT2D eigenvalue weighted by molar-refractivity contribution is 8.00. The van der Waals surface area contributed by atoms with Gasteiger partial charge in [0, 0.05) is 22.9 Å². The van der Waals surface area contributed by atoms with Crippen molar-refractivity contribution in [2.24, 2.45) is 0 Å². The molecule has 0 amide bonds. The number of benzene rings is 1. The molecule has 1 N–H and O–H groups in total. The predicted octanol–water partition coefficient (Wildman–Crippen LogP) is 2.36. The van der Waals surface area contributed by atoms with Gasteiger partial charge in [0.15, 0.2) is 0 Å². The number of hydrogen-bond acceptors (Lipinski definition) is 2. The van der Waals surface area contributed by atoms with Crippen molar-refractivity contribution < 1.29 is 5.11 Å². The van der Waals surface area contributed by atoms with Crippen LogP contribution in [-0.2, 0) is 6.42 Å². The second-order valence-corrected chi connectivity index (χ2v) is 4.95. The largest absolute Gasteiger partial charge is 0.388 e. The fourth-order valence-electron chi connectivity index (χ4n) is 1.47. The van der Waals surface area contributed by atoms with Gasteiger partial charge in [-0.05, 0) is 17.7 Å². The van der Waals surface area contributed by atoms with Crippen LogP contribution in [0.5, 0.6) is 0 Å². The normalized spacial score (nSPS) is 19.5. The third kappa shape index (κ3) is 2.19. The highest BCUT2D eigenvalue weighted by atomic mass is 35.5. The standard InChI is InChI=1S/C10H11ClOS/c11-9-3-1-2-8(4-9)5-10(12)6-13-7-10/h1-4,12H,5-7H2. The van der Waals surface area contributed by atoms with E-state index in [0.29, 0.717) is 0 Å². The van der Waals surface area contributed by atoms with Crippen LogP contribution in [0.4, 0.5) is 0 Å². The van der Waals surface area contributed by atoms with Gasteiger partial charge in [0.25, 0.3) is 0 Å². The van der Waals surface area contributed by atoms with Gasteiger partial charge in [-0.3, -0.25) is 0 Å². The summed E-state index contributed by atoms with van der Waals surface area (Å²) in [5, 5.41) is 10.6. The van der Waals surface area contributed by atoms with E-state index in [9.17, 15) is 5.11 Å². The third-order valence-corrected chi connectivity index (χ3v) is 3.88. The SMILES string of the molecule is OC1(Cc2cccc(Cl)c2)CSC1. The van der Waals surface area contributed by atoms with Crippen LogP contribution in [-0.4, -0.2) is 22.2 Å². The Bertz CT molecular complexity index is 310. The molecule has 1 nitrogen and oxygen atoms in total. The van der Waals surface area contributed by atoms with E-state index in [0.717, 1.165) is 28.5 Å². The van der Waals surface area contributed by atoms with Crippen molar-refractivity contribution in [1.82, 2.24) is 0 Å². The number of halogens is 1. The van der Waals surface area contributed by atoms with Gasteiger partial charge in [-0.15, -0.1) is 0 Å². The second kappa shape index (κ2) is 3.52. The summed E-state index contributed by atoms with van der Waals surface area (Å²) < 4.78 is 0. The average Bonchev–Trinajstić information content (AvgIpc) is 2.01. The molecule has 0 bridgehead atoms. The van der Waals surface area contributed by atoms with Crippen molar-refractivity contribution in [3.8, 4) is 0 Å². The molecule has 1 aromatic carbocycles. The summed E-state index contributed by atoms with van der Waals surface area (Å²) in [5.41, 5.74) is 0.644. The quantitative estimate of drug-likeness (QED) is 0.816. The minimum absolute atomic E-state index is 0.477. The van der Waals surface area contributed by atoms with E-state index in [-0.39, 0.29) is 0 Å². The Kier molecular flexibility index (Phi) is 2.54. The van der Waals surface area contributed by atoms with Crippen molar-refractivity contribution in [2.45, 2.75) is 12.0 Å². The Labute approximate surface area is 87.1 Å². The maximum atomic E-state index is 9.89. The van der Waals surface area contributed by atoms with Gasteiger partial charge in [-0.2, -0.15) is 11.8 Å². The molecule has 0 radical (unpaired) electrons. The Morgan fingerprint density at radius 1 is 1.46 bits per heavy atom. The fraction of sp³-hybridized carbons (Fsp3) is 0.400. The highest BCUT2D eigenvalue weighted by Crippen LogP contribution is 2.32. The molecule has 1 heterocycles. The summed E-state index contributed by atoms with van der Waals surface area (Å²) in [6.45, 7) is 0. The Morgan fingerprint density at radius 3 is 2.77 bits per heavy atom. The molecule has 1 aliphatic rings. The van der Waals surface area contributed by atoms with E-state index in [1.807, 2.05) is 24.3 Å². The maximum absolute atomic E-state index is 9.89. The molecule has 0 aromatic heterocycles. The van der Waals surface area contributed by atoms with Gasteiger partial charge in [0.2, 0.25) is 0 Å². The van der Waals surface area contributed by atoms with E-state index in [1.54, 1.807) is 11.8 Å². The molecule has 1 saturated heterocycles. The molecule has 1 fully saturated rings. The number of thioether (sulfide) groups is 1. The fourth-order valence-corrected chi connectivity index (χ4v) is 2.56. The van der Waals surface area contributed by atoms with Crippen LogP contribution >= 0.6 is 23.4 Å². The number of hydrogen-bond donors (Lipinski definition) is 1. The molecular weight excluding hydrogens is 204 g/mol. The number of rotatable bonds is 2. The molecule has 1 aromatic rings. The summed E-state index contributed by atoms with van der Waals surface area (Å²) in [5.74, 6) is 1.69. The van der Waals surface area contributed by atoms with Gasteiger partial charge in [-0.1, -0.05) is 23.7 Å². The molecular formula is C10H11ClOS. The van der Waals surface area contributed by atoms with Crippen LogP contribution in [0, 0.1) is 0 Å². The van der Waals surface area contributed by atoms with Gasteiger partial charge < -0.3 is 5.11 Å². The first-order chi connectivity index (χ1) is 6.18. The van der Waals surface area contributed by atoms with Gasteiger partial charge in [0.05, 0.1) is 5.60 Å². The van der Waals surface area contributed by atoms with E-state index >= 15 is 0 Å². The smallest absolute Gasteiger partial charge is 0.0867 e. The topological polar surface area (TPSA) is 20.2 Å². The van der Waals surface area contributed by atoms with Crippen LogP contribution in [0.2, 0.25) is 5.02 Å². The Hall–Kier alpha value is -0.180. The zero-order chi connectivity index (χ0) is 9.31. The molecule has 0 saturated carbocycles. The minimum Gasteiger partial charge on any atom is -0.388 e. The molecule has 0 atom stereocenters. The molecule has 70 valence electrons. The first kappa shape index (κ1) is 9.38. The number of aliphatic hydroxyl groups is 1. The molecule has 1 aliphatic heterocycles. The molecule has 2 rings (SSSR count). The molecule has 0 unspecified atom stereocenters. The zero-order valence-electron chi connectivity index (χ0n) is 7.16. The molecule has 3 heteroatoms. The third-order valence-electron chi connectivity index (χ3n) is 2.16. The van der Waals surface area contributed by atoms with Gasteiger partial charge >= 0.3 is 0 Å². The summed E-state index contributed by atoms with van der Waals surface area (Å²) in [6, 6.07) is 7.70. The lowest BCUT2D eigenvalue weighted by atomic mass is 9.98. The van der Waals surface area contributed by atoms with E-state index in [4.69, 9.17) is 11.6 Å². The van der Waals surface area contributed by atoms with E-state index in [1.165, 1.54) is 0 Å². The first-order valence-electron chi connectivity index (χ1n) is 4.23. The van der Waals surface area contributed by atoms with E-state index in [2.05, 4.69) is 0 Å². The van der Waals surface area contributed by atoms with Crippen LogP contribution in [0.1, 0.15) is 5.56 Å². The van der Waals surface area contributed by atoms with Crippen LogP contribution < -0.4 is 0 Å². The highest BCUT2D eigenvalue weighted by Gasteiger charge is 2.35. The maximum Gasteiger partial charge on any atom is 0.0867 e. The molecule has 0 spiro atoms. The van der Waals surface area contributed by atoms with Crippen molar-refractivity contribution in [3.63, 3.8) is 0 Å². The summed E-state index contributed by atoms with van der Waals surface area (Å²) in [7, 11) is 0. The molecule has 0 aliphatic carbocycles. The zero-order valence-corrected chi connectivity index (χ0v) is 8.74. The van der Waals surface area contributed by atoms with Crippen molar-refractivity contribution in [2.75, 3.05) is 11.5 Å². The lowest BCUT2D eigenvalue weighted by Crippen LogP contribution is -2.45. The van der Waals surface area contributed by atoms with Crippen molar-refractivity contribution in [3.05, 3.63) is 34.9 Å². The molecule has 13 heavy (non-hydrogen) atoms. The lowest BCUT2D eigenvalue weighted by molar-refractivity contribution is 0.0793. The minimum atomic E-state index is -0.477. The summed E-state index contributed by atoms with van der Waals surface area (Å²) >= 11 is 7.63. The van der Waals surface area contributed by atoms with Gasteiger partial charge in [-0.25, -0.2) is 0 Å². The van der Waals surface area contributed by atoms with Crippen LogP contribution in [0.3, 0.4) is 0 Å². The monoisotopic (exact) mass is 214 g/mol. The lowest BCUT2D eigenvalue weighted by Gasteiger charge is -2.36. The average molecular weight is 215 g/mol. The van der Waals surface area contributed by atoms with Crippen LogP contribution in [0.25, 0.3) is 0 Å². The van der Waals surface area contributed by atoms with Crippen molar-refractivity contribution >= 4 is 23.4 Å². The summed E-state index contributed by atoms with van der Waals surface area (Å²) in [6.07, 6.45) is 0.723. The predicted molar refractivity (Wildman–Crippen MR) is 57.4 cm³/mol.